The predicted molar refractivity (Wildman–Crippen MR) is 72.3 cm³/mol. The summed E-state index contributed by atoms with van der Waals surface area (Å²) in [6.45, 7) is 7.41. The maximum Gasteiger partial charge on any atom is 0.319 e. The van der Waals surface area contributed by atoms with Crippen LogP contribution in [0.2, 0.25) is 0 Å². The third-order valence-electron chi connectivity index (χ3n) is 2.18. The van der Waals surface area contributed by atoms with E-state index in [2.05, 4.69) is 15.8 Å². The molecule has 1 aromatic carbocycles. The third-order valence-corrected chi connectivity index (χ3v) is 2.18. The summed E-state index contributed by atoms with van der Waals surface area (Å²) >= 11 is 0. The number of rotatable bonds is 2. The lowest BCUT2D eigenvalue weighted by molar-refractivity contribution is 0.244. The van der Waals surface area contributed by atoms with Crippen LogP contribution < -0.4 is 10.6 Å². The summed E-state index contributed by atoms with van der Waals surface area (Å²) in [5.41, 5.74) is 1.61. The van der Waals surface area contributed by atoms with Gasteiger partial charge >= 0.3 is 6.03 Å². The van der Waals surface area contributed by atoms with Crippen molar-refractivity contribution in [3.8, 4) is 0 Å². The first-order chi connectivity index (χ1) is 8.31. The van der Waals surface area contributed by atoms with Crippen LogP contribution >= 0.6 is 0 Å². The number of amides is 2. The largest absolute Gasteiger partial charge is 0.411 e. The van der Waals surface area contributed by atoms with Gasteiger partial charge in [0.2, 0.25) is 0 Å². The molecule has 0 aromatic heterocycles. The molecule has 98 valence electrons. The number of anilines is 1. The maximum atomic E-state index is 11.7. The highest BCUT2D eigenvalue weighted by atomic mass is 16.4. The molecule has 0 atom stereocenters. The molecule has 0 aliphatic carbocycles. The minimum absolute atomic E-state index is 0.266. The van der Waals surface area contributed by atoms with Gasteiger partial charge in [0.1, 0.15) is 0 Å². The van der Waals surface area contributed by atoms with E-state index in [4.69, 9.17) is 5.21 Å². The van der Waals surface area contributed by atoms with Crippen molar-refractivity contribution >= 4 is 17.4 Å². The van der Waals surface area contributed by atoms with Crippen molar-refractivity contribution in [2.45, 2.75) is 33.2 Å². The molecule has 0 saturated carbocycles. The Morgan fingerprint density at radius 1 is 1.33 bits per heavy atom. The highest BCUT2D eigenvalue weighted by molar-refractivity contribution is 6.00. The minimum Gasteiger partial charge on any atom is -0.411 e. The van der Waals surface area contributed by atoms with Crippen molar-refractivity contribution in [3.05, 3.63) is 29.8 Å². The predicted octanol–water partition coefficient (Wildman–Crippen LogP) is 2.80. The number of oxime groups is 1. The van der Waals surface area contributed by atoms with E-state index in [1.807, 2.05) is 26.8 Å². The molecule has 0 fully saturated rings. The van der Waals surface area contributed by atoms with Gasteiger partial charge in [-0.25, -0.2) is 4.79 Å². The lowest BCUT2D eigenvalue weighted by atomic mass is 10.1. The van der Waals surface area contributed by atoms with Gasteiger partial charge in [-0.05, 0) is 39.8 Å². The van der Waals surface area contributed by atoms with Gasteiger partial charge in [0.05, 0.1) is 5.71 Å². The molecule has 0 spiro atoms. The monoisotopic (exact) mass is 249 g/mol. The van der Waals surface area contributed by atoms with Crippen LogP contribution in [-0.4, -0.2) is 22.5 Å². The van der Waals surface area contributed by atoms with Crippen LogP contribution in [0.5, 0.6) is 0 Å². The molecular weight excluding hydrogens is 230 g/mol. The van der Waals surface area contributed by atoms with Crippen LogP contribution in [0.4, 0.5) is 10.5 Å². The van der Waals surface area contributed by atoms with Crippen LogP contribution in [-0.2, 0) is 0 Å². The van der Waals surface area contributed by atoms with Crippen molar-refractivity contribution in [2.75, 3.05) is 5.32 Å². The number of carbonyl (C=O) groups excluding carboxylic acids is 1. The molecule has 0 heterocycles. The SMILES string of the molecule is C/C(=N/O)c1cccc(NC(=O)NC(C)(C)C)c1. The van der Waals surface area contributed by atoms with Gasteiger partial charge in [0.25, 0.3) is 0 Å². The Balaban J connectivity index is 2.77. The molecule has 1 rings (SSSR count). The molecule has 3 N–H and O–H groups in total. The first-order valence-electron chi connectivity index (χ1n) is 5.70. The maximum absolute atomic E-state index is 11.7. The molecule has 0 saturated heterocycles. The van der Waals surface area contributed by atoms with Crippen LogP contribution in [0.25, 0.3) is 0 Å². The van der Waals surface area contributed by atoms with E-state index in [1.54, 1.807) is 25.1 Å². The lowest BCUT2D eigenvalue weighted by Crippen LogP contribution is -2.43. The fraction of sp³-hybridized carbons (Fsp3) is 0.385. The van der Waals surface area contributed by atoms with Crippen LogP contribution in [0.15, 0.2) is 29.4 Å². The second-order valence-corrected chi connectivity index (χ2v) is 5.10. The van der Waals surface area contributed by atoms with E-state index in [0.29, 0.717) is 11.4 Å². The molecule has 0 radical (unpaired) electrons. The Bertz CT molecular complexity index is 462. The Kier molecular flexibility index (Phi) is 4.31. The van der Waals surface area contributed by atoms with Crippen LogP contribution in [0.1, 0.15) is 33.3 Å². The van der Waals surface area contributed by atoms with E-state index in [9.17, 15) is 4.79 Å². The Labute approximate surface area is 107 Å². The normalized spacial score (nSPS) is 12.1. The lowest BCUT2D eigenvalue weighted by Gasteiger charge is -2.20. The number of nitrogens with one attached hydrogen (secondary N) is 2. The molecule has 1 aromatic rings. The quantitative estimate of drug-likeness (QED) is 0.428. The number of benzene rings is 1. The van der Waals surface area contributed by atoms with Gasteiger partial charge in [-0.1, -0.05) is 17.3 Å². The Hall–Kier alpha value is -2.04. The van der Waals surface area contributed by atoms with E-state index < -0.39 is 0 Å². The molecule has 5 nitrogen and oxygen atoms in total. The first-order valence-corrected chi connectivity index (χ1v) is 5.70. The van der Waals surface area contributed by atoms with Gasteiger partial charge < -0.3 is 15.8 Å². The summed E-state index contributed by atoms with van der Waals surface area (Å²) in [7, 11) is 0. The summed E-state index contributed by atoms with van der Waals surface area (Å²) in [5, 5.41) is 17.4. The topological polar surface area (TPSA) is 73.7 Å². The average molecular weight is 249 g/mol. The number of carbonyl (C=O) groups is 1. The highest BCUT2D eigenvalue weighted by Crippen LogP contribution is 2.12. The molecule has 0 unspecified atom stereocenters. The number of hydrogen-bond acceptors (Lipinski definition) is 3. The molecule has 0 aliphatic rings. The molecule has 0 bridgehead atoms. The van der Waals surface area contributed by atoms with E-state index in [1.165, 1.54) is 0 Å². The second kappa shape index (κ2) is 5.53. The molecule has 2 amide bonds. The highest BCUT2D eigenvalue weighted by Gasteiger charge is 2.13. The van der Waals surface area contributed by atoms with Crippen molar-refractivity contribution in [3.63, 3.8) is 0 Å². The minimum atomic E-state index is -0.288. The third kappa shape index (κ3) is 4.45. The molecule has 5 heteroatoms. The van der Waals surface area contributed by atoms with Gasteiger partial charge in [0.15, 0.2) is 0 Å². The van der Waals surface area contributed by atoms with Crippen LogP contribution in [0.3, 0.4) is 0 Å². The smallest absolute Gasteiger partial charge is 0.319 e. The first kappa shape index (κ1) is 14.0. The summed E-state index contributed by atoms with van der Waals surface area (Å²) in [5.74, 6) is 0. The van der Waals surface area contributed by atoms with Gasteiger partial charge in [-0.3, -0.25) is 0 Å². The van der Waals surface area contributed by atoms with Gasteiger partial charge in [-0.15, -0.1) is 0 Å². The van der Waals surface area contributed by atoms with Crippen LogP contribution in [0, 0.1) is 0 Å². The van der Waals surface area contributed by atoms with Crippen molar-refractivity contribution in [1.29, 1.82) is 0 Å². The summed E-state index contributed by atoms with van der Waals surface area (Å²) in [6, 6.07) is 6.85. The fourth-order valence-corrected chi connectivity index (χ4v) is 1.38. The molecule has 18 heavy (non-hydrogen) atoms. The Morgan fingerprint density at radius 2 is 2.00 bits per heavy atom. The summed E-state index contributed by atoms with van der Waals surface area (Å²) in [4.78, 5) is 11.7. The molecular formula is C13H19N3O2. The standard InChI is InChI=1S/C13H19N3O2/c1-9(16-18)10-6-5-7-11(8-10)14-12(17)15-13(2,3)4/h5-8,18H,1-4H3,(H2,14,15,17)/b16-9-. The zero-order chi connectivity index (χ0) is 13.8. The summed E-state index contributed by atoms with van der Waals surface area (Å²) in [6.07, 6.45) is 0. The van der Waals surface area contributed by atoms with Gasteiger partial charge in [0, 0.05) is 16.8 Å². The zero-order valence-corrected chi connectivity index (χ0v) is 11.1. The second-order valence-electron chi connectivity index (χ2n) is 5.10. The van der Waals surface area contributed by atoms with E-state index in [0.717, 1.165) is 5.56 Å². The van der Waals surface area contributed by atoms with Crippen molar-refractivity contribution in [2.24, 2.45) is 5.16 Å². The molecule has 0 aliphatic heterocycles. The van der Waals surface area contributed by atoms with Gasteiger partial charge in [-0.2, -0.15) is 0 Å². The van der Waals surface area contributed by atoms with E-state index >= 15 is 0 Å². The van der Waals surface area contributed by atoms with Crippen molar-refractivity contribution in [1.82, 2.24) is 5.32 Å². The fourth-order valence-electron chi connectivity index (χ4n) is 1.38. The number of nitrogens with zero attached hydrogens (tertiary/aromatic N) is 1. The number of urea groups is 1. The number of hydrogen-bond donors (Lipinski definition) is 3. The van der Waals surface area contributed by atoms with Crippen molar-refractivity contribution < 1.29 is 10.0 Å². The van der Waals surface area contributed by atoms with E-state index in [-0.39, 0.29) is 11.6 Å². The zero-order valence-electron chi connectivity index (χ0n) is 11.1. The Morgan fingerprint density at radius 3 is 2.56 bits per heavy atom. The summed E-state index contributed by atoms with van der Waals surface area (Å²) < 4.78 is 0. The average Bonchev–Trinajstić information content (AvgIpc) is 2.25.